The van der Waals surface area contributed by atoms with Crippen LogP contribution in [-0.2, 0) is 0 Å². The van der Waals surface area contributed by atoms with E-state index in [0.29, 0.717) is 23.7 Å². The molecule has 1 aliphatic rings. The van der Waals surface area contributed by atoms with Gasteiger partial charge in [0.05, 0.1) is 12.3 Å². The van der Waals surface area contributed by atoms with E-state index in [-0.39, 0.29) is 11.9 Å². The van der Waals surface area contributed by atoms with Crippen LogP contribution < -0.4 is 0 Å². The van der Waals surface area contributed by atoms with Crippen molar-refractivity contribution in [1.29, 1.82) is 0 Å². The smallest absolute Gasteiger partial charge is 0.274 e. The van der Waals surface area contributed by atoms with Crippen LogP contribution in [-0.4, -0.2) is 43.9 Å². The number of carbonyl (C=O) groups excluding carboxylic acids is 1. The molecule has 0 radical (unpaired) electrons. The van der Waals surface area contributed by atoms with Crippen molar-refractivity contribution < 1.29 is 9.21 Å². The predicted octanol–water partition coefficient (Wildman–Crippen LogP) is 2.34. The lowest BCUT2D eigenvalue weighted by atomic mass is 10.1. The molecule has 7 nitrogen and oxygen atoms in total. The maximum absolute atomic E-state index is 12.7. The molecule has 1 amide bonds. The van der Waals surface area contributed by atoms with Gasteiger partial charge in [-0.05, 0) is 31.0 Å². The second-order valence-corrected chi connectivity index (χ2v) is 5.68. The van der Waals surface area contributed by atoms with Crippen molar-refractivity contribution in [3.8, 4) is 11.5 Å². The standard InChI is InChI=1S/C16H17N5O2/c22-16(14-10-13(18-19-14)15-5-2-9-23-15)20-7-1-4-12(11-20)21-8-3-6-17-21/h2-3,5-6,8-10,12H,1,4,7,11H2,(H,18,19). The molecule has 118 valence electrons. The third-order valence-corrected chi connectivity index (χ3v) is 4.17. The molecule has 1 N–H and O–H groups in total. The molecule has 23 heavy (non-hydrogen) atoms. The minimum Gasteiger partial charge on any atom is -0.463 e. The van der Waals surface area contributed by atoms with Crippen LogP contribution in [0.15, 0.2) is 47.3 Å². The van der Waals surface area contributed by atoms with E-state index in [1.165, 1.54) is 0 Å². The zero-order valence-electron chi connectivity index (χ0n) is 12.6. The molecule has 4 heterocycles. The summed E-state index contributed by atoms with van der Waals surface area (Å²) >= 11 is 0. The Morgan fingerprint density at radius 2 is 2.35 bits per heavy atom. The number of hydrogen-bond donors (Lipinski definition) is 1. The quantitative estimate of drug-likeness (QED) is 0.805. The molecule has 0 spiro atoms. The molecular weight excluding hydrogens is 294 g/mol. The van der Waals surface area contributed by atoms with Gasteiger partial charge in [-0.3, -0.25) is 14.6 Å². The summed E-state index contributed by atoms with van der Waals surface area (Å²) in [6.07, 6.45) is 7.30. The Bertz CT molecular complexity index is 775. The first-order chi connectivity index (χ1) is 11.3. The molecule has 0 aliphatic carbocycles. The van der Waals surface area contributed by atoms with E-state index in [4.69, 9.17) is 4.42 Å². The normalized spacial score (nSPS) is 18.3. The summed E-state index contributed by atoms with van der Waals surface area (Å²) in [6.45, 7) is 1.41. The third-order valence-electron chi connectivity index (χ3n) is 4.17. The van der Waals surface area contributed by atoms with Gasteiger partial charge in [0, 0.05) is 31.5 Å². The first kappa shape index (κ1) is 13.8. The summed E-state index contributed by atoms with van der Waals surface area (Å²) < 4.78 is 7.25. The van der Waals surface area contributed by atoms with Crippen LogP contribution in [0.1, 0.15) is 29.4 Å². The van der Waals surface area contributed by atoms with Gasteiger partial charge in [-0.2, -0.15) is 10.2 Å². The molecule has 0 saturated carbocycles. The molecule has 0 bridgehead atoms. The van der Waals surface area contributed by atoms with Crippen molar-refractivity contribution in [3.05, 3.63) is 48.6 Å². The van der Waals surface area contributed by atoms with Crippen molar-refractivity contribution in [3.63, 3.8) is 0 Å². The lowest BCUT2D eigenvalue weighted by Crippen LogP contribution is -2.41. The number of H-pyrrole nitrogens is 1. The Hall–Kier alpha value is -2.83. The molecule has 0 aromatic carbocycles. The Labute approximate surface area is 132 Å². The molecule has 1 unspecified atom stereocenters. The Morgan fingerprint density at radius 1 is 1.39 bits per heavy atom. The van der Waals surface area contributed by atoms with Crippen molar-refractivity contribution in [2.75, 3.05) is 13.1 Å². The van der Waals surface area contributed by atoms with Crippen LogP contribution in [0.2, 0.25) is 0 Å². The molecular formula is C16H17N5O2. The van der Waals surface area contributed by atoms with Crippen LogP contribution in [0.3, 0.4) is 0 Å². The number of amides is 1. The van der Waals surface area contributed by atoms with E-state index in [9.17, 15) is 4.79 Å². The number of furan rings is 1. The minimum atomic E-state index is -0.0593. The monoisotopic (exact) mass is 311 g/mol. The number of nitrogens with one attached hydrogen (secondary N) is 1. The van der Waals surface area contributed by atoms with Crippen molar-refractivity contribution in [2.45, 2.75) is 18.9 Å². The number of aromatic amines is 1. The number of carbonyl (C=O) groups is 1. The molecule has 3 aromatic heterocycles. The maximum Gasteiger partial charge on any atom is 0.274 e. The SMILES string of the molecule is O=C(c1cc(-c2ccco2)[nH]n1)N1CCCC(n2cccn2)C1. The lowest BCUT2D eigenvalue weighted by Gasteiger charge is -2.32. The van der Waals surface area contributed by atoms with Gasteiger partial charge in [0.2, 0.25) is 0 Å². The highest BCUT2D eigenvalue weighted by Crippen LogP contribution is 2.23. The second kappa shape index (κ2) is 5.75. The van der Waals surface area contributed by atoms with E-state index >= 15 is 0 Å². The van der Waals surface area contributed by atoms with E-state index in [1.807, 2.05) is 27.9 Å². The lowest BCUT2D eigenvalue weighted by molar-refractivity contribution is 0.0667. The first-order valence-electron chi connectivity index (χ1n) is 7.69. The molecule has 1 fully saturated rings. The van der Waals surface area contributed by atoms with Gasteiger partial charge in [0.1, 0.15) is 5.69 Å². The summed E-state index contributed by atoms with van der Waals surface area (Å²) in [5.41, 5.74) is 1.12. The maximum atomic E-state index is 12.7. The summed E-state index contributed by atoms with van der Waals surface area (Å²) in [5, 5.41) is 11.3. The first-order valence-corrected chi connectivity index (χ1v) is 7.69. The van der Waals surface area contributed by atoms with Crippen LogP contribution >= 0.6 is 0 Å². The van der Waals surface area contributed by atoms with Gasteiger partial charge in [-0.25, -0.2) is 0 Å². The molecule has 4 rings (SSSR count). The molecule has 1 aliphatic heterocycles. The highest BCUT2D eigenvalue weighted by atomic mass is 16.3. The zero-order valence-corrected chi connectivity index (χ0v) is 12.6. The highest BCUT2D eigenvalue weighted by Gasteiger charge is 2.27. The van der Waals surface area contributed by atoms with Gasteiger partial charge < -0.3 is 9.32 Å². The molecule has 7 heteroatoms. The summed E-state index contributed by atoms with van der Waals surface area (Å²) in [4.78, 5) is 14.5. The summed E-state index contributed by atoms with van der Waals surface area (Å²) in [6, 6.07) is 7.50. The van der Waals surface area contributed by atoms with E-state index in [2.05, 4.69) is 15.3 Å². The van der Waals surface area contributed by atoms with Crippen LogP contribution in [0, 0.1) is 0 Å². The minimum absolute atomic E-state index is 0.0593. The van der Waals surface area contributed by atoms with Gasteiger partial charge in [0.15, 0.2) is 11.5 Å². The fourth-order valence-corrected chi connectivity index (χ4v) is 3.00. The van der Waals surface area contributed by atoms with Crippen LogP contribution in [0.25, 0.3) is 11.5 Å². The van der Waals surface area contributed by atoms with E-state index in [1.54, 1.807) is 24.6 Å². The molecule has 3 aromatic rings. The van der Waals surface area contributed by atoms with Gasteiger partial charge >= 0.3 is 0 Å². The summed E-state index contributed by atoms with van der Waals surface area (Å²) in [7, 11) is 0. The Kier molecular flexibility index (Phi) is 3.45. The molecule has 1 saturated heterocycles. The topological polar surface area (TPSA) is 80.0 Å². The number of piperidine rings is 1. The van der Waals surface area contributed by atoms with Crippen molar-refractivity contribution in [1.82, 2.24) is 24.9 Å². The van der Waals surface area contributed by atoms with Crippen molar-refractivity contribution in [2.24, 2.45) is 0 Å². The number of nitrogens with zero attached hydrogens (tertiary/aromatic N) is 4. The average Bonchev–Trinajstić information content (AvgIpc) is 3.36. The van der Waals surface area contributed by atoms with Crippen molar-refractivity contribution >= 4 is 5.91 Å². The second-order valence-electron chi connectivity index (χ2n) is 5.68. The predicted molar refractivity (Wildman–Crippen MR) is 82.7 cm³/mol. The third kappa shape index (κ3) is 2.65. The van der Waals surface area contributed by atoms with Gasteiger partial charge in [-0.15, -0.1) is 0 Å². The fraction of sp³-hybridized carbons (Fsp3) is 0.312. The van der Waals surface area contributed by atoms with E-state index in [0.717, 1.165) is 19.4 Å². The Morgan fingerprint density at radius 3 is 3.13 bits per heavy atom. The zero-order chi connectivity index (χ0) is 15.6. The van der Waals surface area contributed by atoms with Gasteiger partial charge in [0.25, 0.3) is 5.91 Å². The van der Waals surface area contributed by atoms with E-state index < -0.39 is 0 Å². The largest absolute Gasteiger partial charge is 0.463 e. The van der Waals surface area contributed by atoms with Gasteiger partial charge in [-0.1, -0.05) is 0 Å². The average molecular weight is 311 g/mol. The van der Waals surface area contributed by atoms with Crippen LogP contribution in [0.4, 0.5) is 0 Å². The number of hydrogen-bond acceptors (Lipinski definition) is 4. The highest BCUT2D eigenvalue weighted by molar-refractivity contribution is 5.93. The Balaban J connectivity index is 1.50. The summed E-state index contributed by atoms with van der Waals surface area (Å²) in [5.74, 6) is 0.612. The number of likely N-dealkylation sites (tertiary alicyclic amines) is 1. The van der Waals surface area contributed by atoms with Crippen LogP contribution in [0.5, 0.6) is 0 Å². The molecule has 1 atom stereocenters. The number of aromatic nitrogens is 4. The fourth-order valence-electron chi connectivity index (χ4n) is 3.00. The number of rotatable bonds is 3.